The summed E-state index contributed by atoms with van der Waals surface area (Å²) in [5, 5.41) is 3.32. The lowest BCUT2D eigenvalue weighted by Crippen LogP contribution is -2.10. The smallest absolute Gasteiger partial charge is 0.224 e. The lowest BCUT2D eigenvalue weighted by molar-refractivity contribution is -0.116. The van der Waals surface area contributed by atoms with Crippen molar-refractivity contribution >= 4 is 58.0 Å². The Morgan fingerprint density at radius 3 is 1.36 bits per heavy atom. The van der Waals surface area contributed by atoms with Crippen molar-refractivity contribution in [1.29, 1.82) is 0 Å². The summed E-state index contributed by atoms with van der Waals surface area (Å²) in [4.78, 5) is 32.1. The molecule has 3 N–H and O–H groups in total. The highest BCUT2D eigenvalue weighted by Crippen LogP contribution is 2.40. The van der Waals surface area contributed by atoms with Crippen molar-refractivity contribution in [3.05, 3.63) is 162 Å². The van der Waals surface area contributed by atoms with Crippen molar-refractivity contribution in [2.75, 3.05) is 5.32 Å². The largest absolute Gasteiger partial charge is 0.354 e. The number of hydrogen-bond donors (Lipinski definition) is 3. The van der Waals surface area contributed by atoms with E-state index >= 15 is 0 Å². The van der Waals surface area contributed by atoms with Gasteiger partial charge in [0.2, 0.25) is 5.91 Å². The van der Waals surface area contributed by atoms with E-state index in [0.29, 0.717) is 12.1 Å². The van der Waals surface area contributed by atoms with Crippen molar-refractivity contribution in [3.8, 4) is 44.5 Å². The van der Waals surface area contributed by atoms with Gasteiger partial charge in [-0.3, -0.25) is 4.79 Å². The van der Waals surface area contributed by atoms with E-state index in [1.807, 2.05) is 48.5 Å². The first-order valence-electron chi connectivity index (χ1n) is 19.4. The van der Waals surface area contributed by atoms with Gasteiger partial charge in [0.25, 0.3) is 0 Å². The minimum Gasteiger partial charge on any atom is -0.354 e. The van der Waals surface area contributed by atoms with Crippen LogP contribution in [0, 0.1) is 0 Å². The van der Waals surface area contributed by atoms with Crippen LogP contribution in [0.15, 0.2) is 140 Å². The molecule has 9 rings (SSSR count). The van der Waals surface area contributed by atoms with E-state index in [1.165, 1.54) is 0 Å². The molecule has 56 heavy (non-hydrogen) atoms. The molecule has 5 heterocycles. The number of carbonyl (C=O) groups is 1. The number of nitrogens with one attached hydrogen (secondary N) is 3. The van der Waals surface area contributed by atoms with Gasteiger partial charge in [-0.25, -0.2) is 9.97 Å². The Labute approximate surface area is 326 Å². The normalized spacial score (nSPS) is 11.9. The van der Waals surface area contributed by atoms with Crippen molar-refractivity contribution in [2.24, 2.45) is 0 Å². The molecular formula is C50H41N5O. The van der Waals surface area contributed by atoms with Gasteiger partial charge in [0, 0.05) is 39.7 Å². The molecule has 0 atom stereocenters. The summed E-state index contributed by atoms with van der Waals surface area (Å²) in [6.07, 6.45) is 11.7. The monoisotopic (exact) mass is 727 g/mol. The van der Waals surface area contributed by atoms with Gasteiger partial charge in [-0.15, -0.1) is 0 Å². The summed E-state index contributed by atoms with van der Waals surface area (Å²) in [7, 11) is 0. The highest BCUT2D eigenvalue weighted by atomic mass is 16.1. The maximum absolute atomic E-state index is 13.6. The summed E-state index contributed by atoms with van der Waals surface area (Å²) >= 11 is 0. The molecule has 6 nitrogen and oxygen atoms in total. The Kier molecular flexibility index (Phi) is 9.52. The number of nitrogens with zero attached hydrogens (tertiary/aromatic N) is 2. The zero-order valence-electron chi connectivity index (χ0n) is 31.2. The second kappa shape index (κ2) is 15.4. The fraction of sp³-hybridized carbons (Fsp3) is 0.100. The number of amides is 1. The summed E-state index contributed by atoms with van der Waals surface area (Å²) < 4.78 is 0. The zero-order chi connectivity index (χ0) is 37.8. The molecule has 2 aliphatic rings. The van der Waals surface area contributed by atoms with Gasteiger partial charge in [0.1, 0.15) is 0 Å². The van der Waals surface area contributed by atoms with Gasteiger partial charge >= 0.3 is 0 Å². The molecule has 0 spiro atoms. The van der Waals surface area contributed by atoms with Crippen LogP contribution in [-0.2, 0) is 4.79 Å². The predicted molar refractivity (Wildman–Crippen MR) is 233 cm³/mol. The van der Waals surface area contributed by atoms with Crippen molar-refractivity contribution < 1.29 is 4.79 Å². The molecule has 2 aliphatic heterocycles. The first-order valence-corrected chi connectivity index (χ1v) is 19.4. The minimum atomic E-state index is -0.0150. The molecule has 0 fully saturated rings. The number of unbranched alkanes of at least 4 members (excludes halogenated alkanes) is 2. The number of benzene rings is 4. The summed E-state index contributed by atoms with van der Waals surface area (Å²) in [6, 6.07) is 47.8. The number of carbonyl (C=O) groups excluding carboxylic acids is 1. The average molecular weight is 728 g/mol. The summed E-state index contributed by atoms with van der Waals surface area (Å²) in [5.41, 5.74) is 15.4. The Morgan fingerprint density at radius 1 is 0.500 bits per heavy atom. The summed E-state index contributed by atoms with van der Waals surface area (Å²) in [5.74, 6) is -0.0150. The second-order valence-electron chi connectivity index (χ2n) is 14.2. The van der Waals surface area contributed by atoms with E-state index < -0.39 is 0 Å². The van der Waals surface area contributed by atoms with Gasteiger partial charge in [-0.2, -0.15) is 0 Å². The van der Waals surface area contributed by atoms with Crippen LogP contribution >= 0.6 is 0 Å². The third-order valence-corrected chi connectivity index (χ3v) is 10.4. The van der Waals surface area contributed by atoms with Gasteiger partial charge in [-0.05, 0) is 71.2 Å². The van der Waals surface area contributed by atoms with Crippen LogP contribution < -0.4 is 5.32 Å². The molecule has 6 heteroatoms. The number of aromatic amines is 2. The standard InChI is InChI=1S/C50H41N5O/c1-2-3-8-25-45(56)54-44-32-43-48(35-21-13-6-14-22-35)41-29-28-39(52-41)46(33-17-9-4-10-18-33)37-26-27-38(51-37)47(34-19-11-5-12-20-34)40-30-31-42(53-40)49(50(44)55-43)36-23-15-7-16-24-36/h4-7,9-24,26-32,51,55H,2-3,8,25H2,1H3,(H,54,56). The van der Waals surface area contributed by atoms with Crippen LogP contribution in [0.4, 0.5) is 5.69 Å². The van der Waals surface area contributed by atoms with Gasteiger partial charge in [0.05, 0.1) is 39.5 Å². The third-order valence-electron chi connectivity index (χ3n) is 10.4. The maximum atomic E-state index is 13.6. The zero-order valence-corrected chi connectivity index (χ0v) is 31.2. The fourth-order valence-corrected chi connectivity index (χ4v) is 7.76. The molecule has 8 bridgehead atoms. The van der Waals surface area contributed by atoms with E-state index in [1.54, 1.807) is 0 Å². The number of anilines is 1. The number of rotatable bonds is 9. The third kappa shape index (κ3) is 6.78. The average Bonchev–Trinajstić information content (AvgIpc) is 4.08. The number of aromatic nitrogens is 4. The van der Waals surface area contributed by atoms with E-state index in [2.05, 4.69) is 138 Å². The molecule has 0 saturated heterocycles. The van der Waals surface area contributed by atoms with Crippen LogP contribution in [-0.4, -0.2) is 25.8 Å². The molecule has 0 saturated carbocycles. The second-order valence-corrected chi connectivity index (χ2v) is 14.2. The molecule has 7 aromatic rings. The van der Waals surface area contributed by atoms with Gasteiger partial charge in [0.15, 0.2) is 0 Å². The highest BCUT2D eigenvalue weighted by molar-refractivity contribution is 6.06. The maximum Gasteiger partial charge on any atom is 0.224 e. The van der Waals surface area contributed by atoms with Crippen molar-refractivity contribution in [2.45, 2.75) is 32.6 Å². The first kappa shape index (κ1) is 34.7. The number of fused-ring (bicyclic) bond motifs is 8. The Balaban J connectivity index is 1.46. The number of H-pyrrole nitrogens is 2. The molecule has 1 amide bonds. The van der Waals surface area contributed by atoms with E-state index in [-0.39, 0.29) is 5.91 Å². The Morgan fingerprint density at radius 2 is 0.911 bits per heavy atom. The van der Waals surface area contributed by atoms with Gasteiger partial charge < -0.3 is 15.3 Å². The quantitative estimate of drug-likeness (QED) is 0.129. The van der Waals surface area contributed by atoms with E-state index in [4.69, 9.17) is 9.97 Å². The highest BCUT2D eigenvalue weighted by Gasteiger charge is 2.21. The predicted octanol–water partition coefficient (Wildman–Crippen LogP) is 12.8. The number of hydrogen-bond acceptors (Lipinski definition) is 3. The topological polar surface area (TPSA) is 86.5 Å². The molecule has 3 aromatic heterocycles. The van der Waals surface area contributed by atoms with Crippen LogP contribution in [0.3, 0.4) is 0 Å². The minimum absolute atomic E-state index is 0.0150. The first-order chi connectivity index (χ1) is 27.6. The SMILES string of the molecule is CCCCCC(=O)Nc1cc2[nH]c1c(-c1ccccc1)c1nc(c(-c3ccccc3)c3ccc([nH]3)c(-c3ccccc3)c3nc(c2-c2ccccc2)C=C3)C=C1. The van der Waals surface area contributed by atoms with Crippen LogP contribution in [0.2, 0.25) is 0 Å². The molecule has 0 unspecified atom stereocenters. The van der Waals surface area contributed by atoms with Crippen LogP contribution in [0.25, 0.3) is 90.9 Å². The molecule has 4 aromatic carbocycles. The fourth-order valence-electron chi connectivity index (χ4n) is 7.76. The Bertz CT molecular complexity index is 2780. The van der Waals surface area contributed by atoms with E-state index in [0.717, 1.165) is 109 Å². The Hall–Kier alpha value is -7.05. The van der Waals surface area contributed by atoms with E-state index in [9.17, 15) is 4.79 Å². The summed E-state index contributed by atoms with van der Waals surface area (Å²) in [6.45, 7) is 2.15. The lowest BCUT2D eigenvalue weighted by atomic mass is 10.0. The molecular weight excluding hydrogens is 687 g/mol. The van der Waals surface area contributed by atoms with Crippen molar-refractivity contribution in [1.82, 2.24) is 19.9 Å². The van der Waals surface area contributed by atoms with Crippen LogP contribution in [0.5, 0.6) is 0 Å². The van der Waals surface area contributed by atoms with Crippen LogP contribution in [0.1, 0.15) is 55.4 Å². The van der Waals surface area contributed by atoms with Gasteiger partial charge in [-0.1, -0.05) is 141 Å². The lowest BCUT2D eigenvalue weighted by Gasteiger charge is -2.08. The molecule has 0 aliphatic carbocycles. The molecule has 0 radical (unpaired) electrons. The van der Waals surface area contributed by atoms with Crippen molar-refractivity contribution in [3.63, 3.8) is 0 Å². The molecule has 272 valence electrons.